The zero-order valence-corrected chi connectivity index (χ0v) is 12.9. The summed E-state index contributed by atoms with van der Waals surface area (Å²) < 4.78 is 11.6. The van der Waals surface area contributed by atoms with Gasteiger partial charge in [-0.15, -0.1) is 11.3 Å². The predicted molar refractivity (Wildman–Crippen MR) is 84.1 cm³/mol. The molecule has 0 saturated carbocycles. The quantitative estimate of drug-likeness (QED) is 0.913. The van der Waals surface area contributed by atoms with Crippen LogP contribution < -0.4 is 15.8 Å². The average molecular weight is 306 g/mol. The average Bonchev–Trinajstić information content (AvgIpc) is 3.03. The van der Waals surface area contributed by atoms with Gasteiger partial charge < -0.3 is 20.5 Å². The van der Waals surface area contributed by atoms with Crippen LogP contribution in [-0.4, -0.2) is 31.8 Å². The van der Waals surface area contributed by atoms with E-state index in [1.54, 1.807) is 7.11 Å². The Hall–Kier alpha value is -1.79. The first-order valence-corrected chi connectivity index (χ1v) is 7.61. The fourth-order valence-corrected chi connectivity index (χ4v) is 3.61. The maximum atomic E-state index is 12.5. The van der Waals surface area contributed by atoms with Gasteiger partial charge in [0.15, 0.2) is 0 Å². The van der Waals surface area contributed by atoms with Crippen molar-refractivity contribution in [2.24, 2.45) is 0 Å². The molecule has 3 rings (SSSR count). The van der Waals surface area contributed by atoms with Gasteiger partial charge in [-0.2, -0.15) is 0 Å². The van der Waals surface area contributed by atoms with E-state index in [2.05, 4.69) is 5.32 Å². The highest BCUT2D eigenvalue weighted by Crippen LogP contribution is 2.39. The summed E-state index contributed by atoms with van der Waals surface area (Å²) in [5.74, 6) is 0.541. The molecule has 1 amide bonds. The molecule has 2 heterocycles. The van der Waals surface area contributed by atoms with Gasteiger partial charge in [0.05, 0.1) is 30.3 Å². The van der Waals surface area contributed by atoms with Crippen molar-refractivity contribution in [1.82, 2.24) is 5.32 Å². The van der Waals surface area contributed by atoms with Gasteiger partial charge in [0.25, 0.3) is 5.91 Å². The van der Waals surface area contributed by atoms with Crippen LogP contribution in [0.1, 0.15) is 23.0 Å². The topological polar surface area (TPSA) is 73.6 Å². The number of nitrogens with two attached hydrogens (primary N) is 1. The number of ether oxygens (including phenoxy) is 2. The Kier molecular flexibility index (Phi) is 3.51. The molecule has 0 aliphatic carbocycles. The second-order valence-corrected chi connectivity index (χ2v) is 6.55. The second kappa shape index (κ2) is 5.20. The van der Waals surface area contributed by atoms with Crippen LogP contribution in [-0.2, 0) is 4.74 Å². The van der Waals surface area contributed by atoms with Gasteiger partial charge in [-0.1, -0.05) is 6.07 Å². The summed E-state index contributed by atoms with van der Waals surface area (Å²) in [7, 11) is 1.60. The highest BCUT2D eigenvalue weighted by atomic mass is 32.1. The van der Waals surface area contributed by atoms with Crippen LogP contribution in [0.4, 0.5) is 5.69 Å². The number of benzene rings is 1. The molecule has 1 aliphatic rings. The lowest BCUT2D eigenvalue weighted by atomic mass is 10.0. The number of carbonyl (C=O) groups excluding carboxylic acids is 1. The monoisotopic (exact) mass is 306 g/mol. The van der Waals surface area contributed by atoms with Crippen molar-refractivity contribution in [1.29, 1.82) is 0 Å². The van der Waals surface area contributed by atoms with Gasteiger partial charge in [0.1, 0.15) is 10.6 Å². The van der Waals surface area contributed by atoms with Crippen LogP contribution in [0, 0.1) is 0 Å². The third-order valence-electron chi connectivity index (χ3n) is 3.77. The molecule has 0 radical (unpaired) electrons. The molecule has 112 valence electrons. The van der Waals surface area contributed by atoms with E-state index >= 15 is 0 Å². The lowest BCUT2D eigenvalue weighted by molar-refractivity contribution is 0.0895. The molecule has 3 N–H and O–H groups in total. The van der Waals surface area contributed by atoms with Crippen molar-refractivity contribution in [3.05, 3.63) is 23.1 Å². The van der Waals surface area contributed by atoms with Crippen LogP contribution in [0.2, 0.25) is 0 Å². The van der Waals surface area contributed by atoms with E-state index in [-0.39, 0.29) is 11.4 Å². The molecule has 1 aliphatic heterocycles. The van der Waals surface area contributed by atoms with Crippen molar-refractivity contribution in [3.63, 3.8) is 0 Å². The van der Waals surface area contributed by atoms with E-state index in [9.17, 15) is 4.79 Å². The maximum absolute atomic E-state index is 12.5. The number of thiophene rings is 1. The standard InChI is InChI=1S/C15H18N2O3S/c1-15(6-7-20-8-15)17-14(18)13-12(16)11-9(19-2)4-3-5-10(11)21-13/h3-5H,6-8,16H2,1-2H3,(H,17,18). The Balaban J connectivity index is 1.97. The molecular formula is C15H18N2O3S. The highest BCUT2D eigenvalue weighted by molar-refractivity contribution is 7.21. The van der Waals surface area contributed by atoms with E-state index < -0.39 is 0 Å². The van der Waals surface area contributed by atoms with Crippen molar-refractivity contribution in [2.75, 3.05) is 26.1 Å². The van der Waals surface area contributed by atoms with Crippen LogP contribution in [0.15, 0.2) is 18.2 Å². The second-order valence-electron chi connectivity index (χ2n) is 5.50. The summed E-state index contributed by atoms with van der Waals surface area (Å²) >= 11 is 1.39. The Morgan fingerprint density at radius 1 is 1.52 bits per heavy atom. The third-order valence-corrected chi connectivity index (χ3v) is 4.94. The van der Waals surface area contributed by atoms with Crippen molar-refractivity contribution in [2.45, 2.75) is 18.9 Å². The Labute approximate surface area is 127 Å². The van der Waals surface area contributed by atoms with Crippen molar-refractivity contribution in [3.8, 4) is 5.75 Å². The highest BCUT2D eigenvalue weighted by Gasteiger charge is 2.32. The number of amides is 1. The van der Waals surface area contributed by atoms with E-state index in [0.29, 0.717) is 29.5 Å². The van der Waals surface area contributed by atoms with Gasteiger partial charge >= 0.3 is 0 Å². The van der Waals surface area contributed by atoms with Crippen molar-refractivity contribution < 1.29 is 14.3 Å². The van der Waals surface area contributed by atoms with Crippen molar-refractivity contribution >= 4 is 33.0 Å². The molecule has 1 atom stereocenters. The summed E-state index contributed by atoms with van der Waals surface area (Å²) in [4.78, 5) is 13.0. The Bertz CT molecular complexity index is 690. The van der Waals surface area contributed by atoms with E-state index in [0.717, 1.165) is 16.5 Å². The molecule has 1 unspecified atom stereocenters. The van der Waals surface area contributed by atoms with E-state index in [4.69, 9.17) is 15.2 Å². The maximum Gasteiger partial charge on any atom is 0.264 e. The van der Waals surface area contributed by atoms with Crippen LogP contribution in [0.5, 0.6) is 5.75 Å². The Morgan fingerprint density at radius 2 is 2.33 bits per heavy atom. The van der Waals surface area contributed by atoms with Gasteiger partial charge in [-0.25, -0.2) is 0 Å². The zero-order valence-electron chi connectivity index (χ0n) is 12.1. The number of fused-ring (bicyclic) bond motifs is 1. The number of rotatable bonds is 3. The number of nitrogen functional groups attached to an aromatic ring is 1. The lowest BCUT2D eigenvalue weighted by Crippen LogP contribution is -2.46. The fourth-order valence-electron chi connectivity index (χ4n) is 2.58. The molecular weight excluding hydrogens is 288 g/mol. The van der Waals surface area contributed by atoms with Gasteiger partial charge in [-0.05, 0) is 25.5 Å². The van der Waals surface area contributed by atoms with Gasteiger partial charge in [-0.3, -0.25) is 4.79 Å². The van der Waals surface area contributed by atoms with Gasteiger partial charge in [0.2, 0.25) is 0 Å². The fraction of sp³-hybridized carbons (Fsp3) is 0.400. The molecule has 1 saturated heterocycles. The first kappa shape index (κ1) is 14.2. The smallest absolute Gasteiger partial charge is 0.264 e. The zero-order chi connectivity index (χ0) is 15.0. The number of anilines is 1. The largest absolute Gasteiger partial charge is 0.496 e. The summed E-state index contributed by atoms with van der Waals surface area (Å²) in [6.07, 6.45) is 0.812. The minimum absolute atomic E-state index is 0.149. The van der Waals surface area contributed by atoms with Crippen LogP contribution >= 0.6 is 11.3 Å². The summed E-state index contributed by atoms with van der Waals surface area (Å²) in [5, 5.41) is 3.84. The minimum atomic E-state index is -0.316. The number of hydrogen-bond donors (Lipinski definition) is 2. The predicted octanol–water partition coefficient (Wildman–Crippen LogP) is 2.40. The van der Waals surface area contributed by atoms with E-state index in [1.807, 2.05) is 25.1 Å². The first-order valence-electron chi connectivity index (χ1n) is 6.79. The summed E-state index contributed by atoms with van der Waals surface area (Å²) in [5.41, 5.74) is 6.34. The van der Waals surface area contributed by atoms with Crippen LogP contribution in [0.3, 0.4) is 0 Å². The molecule has 0 spiro atoms. The number of carbonyl (C=O) groups is 1. The number of methoxy groups -OCH3 is 1. The third kappa shape index (κ3) is 2.45. The minimum Gasteiger partial charge on any atom is -0.496 e. The first-order chi connectivity index (χ1) is 10.0. The lowest BCUT2D eigenvalue weighted by Gasteiger charge is -2.23. The molecule has 1 aromatic carbocycles. The number of nitrogens with one attached hydrogen (secondary N) is 1. The normalized spacial score (nSPS) is 21.6. The molecule has 0 bridgehead atoms. The molecule has 5 nitrogen and oxygen atoms in total. The van der Waals surface area contributed by atoms with Crippen LogP contribution in [0.25, 0.3) is 10.1 Å². The Morgan fingerprint density at radius 3 is 3.00 bits per heavy atom. The molecule has 1 fully saturated rings. The molecule has 21 heavy (non-hydrogen) atoms. The molecule has 6 heteroatoms. The molecule has 2 aromatic rings. The van der Waals surface area contributed by atoms with Gasteiger partial charge in [0, 0.05) is 11.3 Å². The summed E-state index contributed by atoms with van der Waals surface area (Å²) in [6, 6.07) is 5.68. The van der Waals surface area contributed by atoms with E-state index in [1.165, 1.54) is 11.3 Å². The SMILES string of the molecule is COc1cccc2sc(C(=O)NC3(C)CCOC3)c(N)c12. The molecule has 1 aromatic heterocycles. The summed E-state index contributed by atoms with van der Waals surface area (Å²) in [6.45, 7) is 3.20. The number of hydrogen-bond acceptors (Lipinski definition) is 5.